The fraction of sp³-hybridized carbons (Fsp3) is 0.500. The van der Waals surface area contributed by atoms with Crippen molar-refractivity contribution in [1.82, 2.24) is 4.90 Å². The molecule has 1 N–H and O–H groups in total. The van der Waals surface area contributed by atoms with Crippen LogP contribution in [0.3, 0.4) is 0 Å². The molecule has 1 aromatic carbocycles. The molecule has 19 heavy (non-hydrogen) atoms. The molecule has 3 nitrogen and oxygen atoms in total. The first-order valence-electron chi connectivity index (χ1n) is 6.36. The van der Waals surface area contributed by atoms with Crippen molar-refractivity contribution in [3.63, 3.8) is 0 Å². The van der Waals surface area contributed by atoms with Gasteiger partial charge in [0.2, 0.25) is 0 Å². The summed E-state index contributed by atoms with van der Waals surface area (Å²) in [6.45, 7) is 3.04. The Kier molecular flexibility index (Phi) is 4.39. The summed E-state index contributed by atoms with van der Waals surface area (Å²) in [6.07, 6.45) is 2.12. The molecule has 5 heteroatoms. The summed E-state index contributed by atoms with van der Waals surface area (Å²) in [6, 6.07) is 4.90. The van der Waals surface area contributed by atoms with Gasteiger partial charge in [-0.1, -0.05) is 23.2 Å². The maximum atomic E-state index is 12.4. The molecule has 0 radical (unpaired) electrons. The first kappa shape index (κ1) is 14.6. The lowest BCUT2D eigenvalue weighted by Gasteiger charge is -2.22. The summed E-state index contributed by atoms with van der Waals surface area (Å²) in [5.74, 6) is -0.0590. The molecule has 0 saturated carbocycles. The standard InChI is InChI=1S/C14H17Cl2NO2/c1-14(19)5-2-7-17(8-6-14)13(18)10-3-4-11(15)12(16)9-10/h3-4,9,19H,2,5-8H2,1H3. The smallest absolute Gasteiger partial charge is 0.253 e. The predicted molar refractivity (Wildman–Crippen MR) is 76.8 cm³/mol. The van der Waals surface area contributed by atoms with E-state index in [9.17, 15) is 9.90 Å². The predicted octanol–water partition coefficient (Wildman–Crippen LogP) is 3.37. The molecular formula is C14H17Cl2NO2. The van der Waals surface area contributed by atoms with Crippen molar-refractivity contribution in [1.29, 1.82) is 0 Å². The van der Waals surface area contributed by atoms with Crippen molar-refractivity contribution in [3.8, 4) is 0 Å². The highest BCUT2D eigenvalue weighted by atomic mass is 35.5. The van der Waals surface area contributed by atoms with E-state index in [1.54, 1.807) is 23.1 Å². The second kappa shape index (κ2) is 5.70. The van der Waals surface area contributed by atoms with Gasteiger partial charge in [0.1, 0.15) is 0 Å². The Bertz CT molecular complexity index is 488. The first-order valence-corrected chi connectivity index (χ1v) is 7.11. The number of benzene rings is 1. The molecule has 1 aliphatic heterocycles. The number of hydrogen-bond acceptors (Lipinski definition) is 2. The Hall–Kier alpha value is -0.770. The van der Waals surface area contributed by atoms with Gasteiger partial charge in [0, 0.05) is 18.7 Å². The number of carbonyl (C=O) groups excluding carboxylic acids is 1. The number of nitrogens with zero attached hydrogens (tertiary/aromatic N) is 1. The van der Waals surface area contributed by atoms with Crippen LogP contribution >= 0.6 is 23.2 Å². The van der Waals surface area contributed by atoms with Gasteiger partial charge in [-0.15, -0.1) is 0 Å². The van der Waals surface area contributed by atoms with E-state index >= 15 is 0 Å². The Balaban J connectivity index is 2.13. The minimum Gasteiger partial charge on any atom is -0.390 e. The minimum atomic E-state index is -0.674. The first-order chi connectivity index (χ1) is 8.89. The fourth-order valence-electron chi connectivity index (χ4n) is 2.28. The summed E-state index contributed by atoms with van der Waals surface area (Å²) in [5.41, 5.74) is -0.136. The lowest BCUT2D eigenvalue weighted by atomic mass is 9.98. The van der Waals surface area contributed by atoms with Gasteiger partial charge >= 0.3 is 0 Å². The largest absolute Gasteiger partial charge is 0.390 e. The molecule has 1 unspecified atom stereocenters. The number of carbonyl (C=O) groups is 1. The summed E-state index contributed by atoms with van der Waals surface area (Å²) in [7, 11) is 0. The average molecular weight is 302 g/mol. The van der Waals surface area contributed by atoms with Crippen molar-refractivity contribution in [2.24, 2.45) is 0 Å². The lowest BCUT2D eigenvalue weighted by molar-refractivity contribution is 0.0438. The van der Waals surface area contributed by atoms with E-state index in [0.717, 1.165) is 12.8 Å². The molecule has 104 valence electrons. The molecular weight excluding hydrogens is 285 g/mol. The number of likely N-dealkylation sites (tertiary alicyclic amines) is 1. The Morgan fingerprint density at radius 2 is 2.00 bits per heavy atom. The highest BCUT2D eigenvalue weighted by Crippen LogP contribution is 2.25. The molecule has 1 atom stereocenters. The van der Waals surface area contributed by atoms with Gasteiger partial charge in [-0.05, 0) is 44.4 Å². The van der Waals surface area contributed by atoms with Crippen LogP contribution in [-0.4, -0.2) is 34.6 Å². The number of hydrogen-bond donors (Lipinski definition) is 1. The topological polar surface area (TPSA) is 40.5 Å². The van der Waals surface area contributed by atoms with Crippen LogP contribution in [0.25, 0.3) is 0 Å². The highest BCUT2D eigenvalue weighted by molar-refractivity contribution is 6.42. The van der Waals surface area contributed by atoms with Crippen LogP contribution in [0.2, 0.25) is 10.0 Å². The van der Waals surface area contributed by atoms with Gasteiger partial charge in [-0.3, -0.25) is 4.79 Å². The van der Waals surface area contributed by atoms with E-state index in [2.05, 4.69) is 0 Å². The molecule has 1 saturated heterocycles. The highest BCUT2D eigenvalue weighted by Gasteiger charge is 2.27. The van der Waals surface area contributed by atoms with Gasteiger partial charge in [0.15, 0.2) is 0 Å². The van der Waals surface area contributed by atoms with E-state index < -0.39 is 5.60 Å². The Morgan fingerprint density at radius 3 is 2.68 bits per heavy atom. The van der Waals surface area contributed by atoms with Crippen LogP contribution in [0.5, 0.6) is 0 Å². The normalized spacial score (nSPS) is 24.1. The molecule has 1 fully saturated rings. The molecule has 0 aliphatic carbocycles. The Morgan fingerprint density at radius 1 is 1.26 bits per heavy atom. The van der Waals surface area contributed by atoms with Gasteiger partial charge in [-0.2, -0.15) is 0 Å². The minimum absolute atomic E-state index is 0.0590. The van der Waals surface area contributed by atoms with Crippen molar-refractivity contribution >= 4 is 29.1 Å². The number of halogens is 2. The maximum Gasteiger partial charge on any atom is 0.253 e. The summed E-state index contributed by atoms with van der Waals surface area (Å²) in [4.78, 5) is 14.1. The summed E-state index contributed by atoms with van der Waals surface area (Å²) < 4.78 is 0. The van der Waals surface area contributed by atoms with E-state index in [1.807, 2.05) is 6.92 Å². The molecule has 0 bridgehead atoms. The molecule has 1 amide bonds. The van der Waals surface area contributed by atoms with E-state index in [4.69, 9.17) is 23.2 Å². The Labute approximate surface area is 123 Å². The summed E-state index contributed by atoms with van der Waals surface area (Å²) in [5, 5.41) is 10.9. The van der Waals surface area contributed by atoms with Gasteiger partial charge in [-0.25, -0.2) is 0 Å². The molecule has 2 rings (SSSR count). The molecule has 0 aromatic heterocycles. The zero-order valence-electron chi connectivity index (χ0n) is 10.8. The van der Waals surface area contributed by atoms with E-state index in [1.165, 1.54) is 0 Å². The van der Waals surface area contributed by atoms with Crippen LogP contribution in [0.4, 0.5) is 0 Å². The maximum absolute atomic E-state index is 12.4. The second-order valence-electron chi connectivity index (χ2n) is 5.27. The van der Waals surface area contributed by atoms with Crippen LogP contribution in [0, 0.1) is 0 Å². The number of amides is 1. The van der Waals surface area contributed by atoms with Crippen LogP contribution in [-0.2, 0) is 0 Å². The third kappa shape index (κ3) is 3.62. The van der Waals surface area contributed by atoms with Crippen LogP contribution in [0.1, 0.15) is 36.5 Å². The van der Waals surface area contributed by atoms with E-state index in [0.29, 0.717) is 35.1 Å². The SMILES string of the molecule is CC1(O)CCCN(C(=O)c2ccc(Cl)c(Cl)c2)CC1. The van der Waals surface area contributed by atoms with Crippen LogP contribution < -0.4 is 0 Å². The quantitative estimate of drug-likeness (QED) is 0.864. The monoisotopic (exact) mass is 301 g/mol. The fourth-order valence-corrected chi connectivity index (χ4v) is 2.58. The van der Waals surface area contributed by atoms with Crippen molar-refractivity contribution in [3.05, 3.63) is 33.8 Å². The third-order valence-electron chi connectivity index (χ3n) is 3.52. The molecule has 1 heterocycles. The van der Waals surface area contributed by atoms with Gasteiger partial charge in [0.05, 0.1) is 15.6 Å². The van der Waals surface area contributed by atoms with Crippen molar-refractivity contribution < 1.29 is 9.90 Å². The summed E-state index contributed by atoms with van der Waals surface area (Å²) >= 11 is 11.8. The van der Waals surface area contributed by atoms with E-state index in [-0.39, 0.29) is 5.91 Å². The third-order valence-corrected chi connectivity index (χ3v) is 4.26. The zero-order chi connectivity index (χ0) is 14.0. The van der Waals surface area contributed by atoms with Gasteiger partial charge < -0.3 is 10.0 Å². The van der Waals surface area contributed by atoms with Crippen molar-refractivity contribution in [2.45, 2.75) is 31.8 Å². The molecule has 1 aliphatic rings. The zero-order valence-corrected chi connectivity index (χ0v) is 12.3. The molecule has 0 spiro atoms. The van der Waals surface area contributed by atoms with Gasteiger partial charge in [0.25, 0.3) is 5.91 Å². The van der Waals surface area contributed by atoms with Crippen molar-refractivity contribution in [2.75, 3.05) is 13.1 Å². The van der Waals surface area contributed by atoms with Crippen LogP contribution in [0.15, 0.2) is 18.2 Å². The second-order valence-corrected chi connectivity index (χ2v) is 6.09. The number of aliphatic hydroxyl groups is 1. The average Bonchev–Trinajstić information content (AvgIpc) is 2.53. The number of rotatable bonds is 1. The molecule has 1 aromatic rings. The lowest BCUT2D eigenvalue weighted by Crippen LogP contribution is -2.33.